The molecular formula is C14H24BrN3. The molecule has 1 aromatic rings. The number of rotatable bonds is 7. The second kappa shape index (κ2) is 6.20. The minimum absolute atomic E-state index is 0.950. The zero-order valence-corrected chi connectivity index (χ0v) is 13.3. The molecule has 0 aromatic carbocycles. The summed E-state index contributed by atoms with van der Waals surface area (Å²) in [6.45, 7) is 10.9. The Balaban J connectivity index is 2.08. The van der Waals surface area contributed by atoms with E-state index in [0.29, 0.717) is 0 Å². The predicted octanol–water partition coefficient (Wildman–Crippen LogP) is 3.60. The molecule has 102 valence electrons. The average Bonchev–Trinajstić information content (AvgIpc) is 3.11. The van der Waals surface area contributed by atoms with Gasteiger partial charge in [-0.05, 0) is 61.5 Å². The lowest BCUT2D eigenvalue weighted by atomic mass is 10.3. The molecule has 1 aliphatic rings. The quantitative estimate of drug-likeness (QED) is 0.767. The summed E-state index contributed by atoms with van der Waals surface area (Å²) < 4.78 is 3.33. The Morgan fingerprint density at radius 1 is 1.39 bits per heavy atom. The standard InChI is InChI=1S/C14H24BrN3/c1-4-8-17(9-12-6-7-12)10-13-14(15)11(3)16-18(13)5-2/h12H,4-10H2,1-3H3. The molecule has 1 fully saturated rings. The molecule has 1 heterocycles. The van der Waals surface area contributed by atoms with Crippen molar-refractivity contribution < 1.29 is 0 Å². The van der Waals surface area contributed by atoms with Gasteiger partial charge in [-0.15, -0.1) is 0 Å². The van der Waals surface area contributed by atoms with Crippen LogP contribution in [-0.4, -0.2) is 27.8 Å². The fraction of sp³-hybridized carbons (Fsp3) is 0.786. The van der Waals surface area contributed by atoms with Crippen LogP contribution in [0.4, 0.5) is 0 Å². The average molecular weight is 314 g/mol. The van der Waals surface area contributed by atoms with Crippen molar-refractivity contribution in [3.05, 3.63) is 15.9 Å². The van der Waals surface area contributed by atoms with Gasteiger partial charge in [0.25, 0.3) is 0 Å². The minimum Gasteiger partial charge on any atom is -0.297 e. The molecule has 0 aliphatic heterocycles. The third-order valence-electron chi connectivity index (χ3n) is 3.58. The van der Waals surface area contributed by atoms with Crippen LogP contribution in [0, 0.1) is 12.8 Å². The van der Waals surface area contributed by atoms with Crippen LogP contribution in [0.1, 0.15) is 44.5 Å². The van der Waals surface area contributed by atoms with Crippen LogP contribution in [0.5, 0.6) is 0 Å². The first kappa shape index (κ1) is 14.1. The molecule has 0 radical (unpaired) electrons. The maximum atomic E-state index is 4.58. The fourth-order valence-electron chi connectivity index (χ4n) is 2.45. The van der Waals surface area contributed by atoms with Crippen LogP contribution in [0.25, 0.3) is 0 Å². The monoisotopic (exact) mass is 313 g/mol. The molecule has 3 nitrogen and oxygen atoms in total. The summed E-state index contributed by atoms with van der Waals surface area (Å²) in [4.78, 5) is 2.59. The molecule has 0 bridgehead atoms. The van der Waals surface area contributed by atoms with E-state index < -0.39 is 0 Å². The van der Waals surface area contributed by atoms with Crippen LogP contribution in [-0.2, 0) is 13.1 Å². The number of halogens is 1. The summed E-state index contributed by atoms with van der Waals surface area (Å²) >= 11 is 3.69. The van der Waals surface area contributed by atoms with Crippen LogP contribution < -0.4 is 0 Å². The van der Waals surface area contributed by atoms with Crippen molar-refractivity contribution >= 4 is 15.9 Å². The van der Waals surface area contributed by atoms with Gasteiger partial charge in [0.2, 0.25) is 0 Å². The van der Waals surface area contributed by atoms with Crippen LogP contribution in [0.3, 0.4) is 0 Å². The normalized spacial score (nSPS) is 15.6. The molecule has 0 unspecified atom stereocenters. The van der Waals surface area contributed by atoms with Crippen molar-refractivity contribution in [1.29, 1.82) is 0 Å². The first-order valence-corrected chi connectivity index (χ1v) is 7.89. The van der Waals surface area contributed by atoms with Gasteiger partial charge >= 0.3 is 0 Å². The van der Waals surface area contributed by atoms with Crippen molar-refractivity contribution in [2.24, 2.45) is 5.92 Å². The van der Waals surface area contributed by atoms with Gasteiger partial charge in [0, 0.05) is 19.6 Å². The van der Waals surface area contributed by atoms with Gasteiger partial charge in [-0.3, -0.25) is 9.58 Å². The number of nitrogens with zero attached hydrogens (tertiary/aromatic N) is 3. The highest BCUT2D eigenvalue weighted by atomic mass is 79.9. The third kappa shape index (κ3) is 3.35. The molecule has 2 rings (SSSR count). The Morgan fingerprint density at radius 2 is 2.11 bits per heavy atom. The highest BCUT2D eigenvalue weighted by Crippen LogP contribution is 2.31. The second-order valence-electron chi connectivity index (χ2n) is 5.34. The number of aromatic nitrogens is 2. The van der Waals surface area contributed by atoms with Crippen molar-refractivity contribution in [2.75, 3.05) is 13.1 Å². The number of hydrogen-bond acceptors (Lipinski definition) is 2. The topological polar surface area (TPSA) is 21.1 Å². The molecular weight excluding hydrogens is 290 g/mol. The molecule has 1 aliphatic carbocycles. The van der Waals surface area contributed by atoms with Gasteiger partial charge in [-0.1, -0.05) is 6.92 Å². The molecule has 0 spiro atoms. The lowest BCUT2D eigenvalue weighted by molar-refractivity contribution is 0.247. The SMILES string of the molecule is CCCN(Cc1c(Br)c(C)nn1CC)CC1CC1. The van der Waals surface area contributed by atoms with Crippen LogP contribution >= 0.6 is 15.9 Å². The predicted molar refractivity (Wildman–Crippen MR) is 78.6 cm³/mol. The van der Waals surface area contributed by atoms with E-state index in [2.05, 4.69) is 51.4 Å². The molecule has 1 aromatic heterocycles. The lowest BCUT2D eigenvalue weighted by Gasteiger charge is -2.22. The maximum Gasteiger partial charge on any atom is 0.0739 e. The van der Waals surface area contributed by atoms with E-state index in [-0.39, 0.29) is 0 Å². The zero-order chi connectivity index (χ0) is 13.1. The van der Waals surface area contributed by atoms with E-state index in [0.717, 1.165) is 24.7 Å². The minimum atomic E-state index is 0.950. The Hall–Kier alpha value is -0.350. The van der Waals surface area contributed by atoms with E-state index in [4.69, 9.17) is 0 Å². The first-order chi connectivity index (χ1) is 8.65. The van der Waals surface area contributed by atoms with Gasteiger partial charge in [-0.2, -0.15) is 5.10 Å². The van der Waals surface area contributed by atoms with Crippen molar-refractivity contribution in [3.63, 3.8) is 0 Å². The van der Waals surface area contributed by atoms with Gasteiger partial charge < -0.3 is 0 Å². The summed E-state index contributed by atoms with van der Waals surface area (Å²) in [5.74, 6) is 0.953. The molecule has 0 amide bonds. The highest BCUT2D eigenvalue weighted by molar-refractivity contribution is 9.10. The number of hydrogen-bond donors (Lipinski definition) is 0. The van der Waals surface area contributed by atoms with Crippen molar-refractivity contribution in [3.8, 4) is 0 Å². The van der Waals surface area contributed by atoms with Crippen LogP contribution in [0.15, 0.2) is 4.47 Å². The molecule has 0 atom stereocenters. The maximum absolute atomic E-state index is 4.58. The van der Waals surface area contributed by atoms with Gasteiger partial charge in [0.15, 0.2) is 0 Å². The molecule has 1 saturated carbocycles. The smallest absolute Gasteiger partial charge is 0.0739 e. The van der Waals surface area contributed by atoms with Gasteiger partial charge in [-0.25, -0.2) is 0 Å². The van der Waals surface area contributed by atoms with E-state index in [1.165, 1.54) is 42.5 Å². The molecule has 18 heavy (non-hydrogen) atoms. The Morgan fingerprint density at radius 3 is 2.67 bits per heavy atom. The summed E-state index contributed by atoms with van der Waals surface area (Å²) in [7, 11) is 0. The fourth-order valence-corrected chi connectivity index (χ4v) is 2.86. The van der Waals surface area contributed by atoms with E-state index in [1.807, 2.05) is 0 Å². The third-order valence-corrected chi connectivity index (χ3v) is 4.61. The highest BCUT2D eigenvalue weighted by Gasteiger charge is 2.25. The summed E-state index contributed by atoms with van der Waals surface area (Å²) in [5.41, 5.74) is 2.44. The summed E-state index contributed by atoms with van der Waals surface area (Å²) in [6, 6.07) is 0. The zero-order valence-electron chi connectivity index (χ0n) is 11.7. The van der Waals surface area contributed by atoms with E-state index in [1.54, 1.807) is 0 Å². The molecule has 0 saturated heterocycles. The van der Waals surface area contributed by atoms with E-state index in [9.17, 15) is 0 Å². The molecule has 0 N–H and O–H groups in total. The van der Waals surface area contributed by atoms with Gasteiger partial charge in [0.05, 0.1) is 15.9 Å². The Bertz CT molecular complexity index is 396. The largest absolute Gasteiger partial charge is 0.297 e. The van der Waals surface area contributed by atoms with Crippen molar-refractivity contribution in [1.82, 2.24) is 14.7 Å². The van der Waals surface area contributed by atoms with Gasteiger partial charge in [0.1, 0.15) is 0 Å². The Labute approximate surface area is 119 Å². The second-order valence-corrected chi connectivity index (χ2v) is 6.13. The van der Waals surface area contributed by atoms with E-state index >= 15 is 0 Å². The number of aryl methyl sites for hydroxylation is 2. The summed E-state index contributed by atoms with van der Waals surface area (Å²) in [6.07, 6.45) is 4.07. The summed E-state index contributed by atoms with van der Waals surface area (Å²) in [5, 5.41) is 4.58. The lowest BCUT2D eigenvalue weighted by Crippen LogP contribution is -2.27. The Kier molecular flexibility index (Phi) is 4.84. The van der Waals surface area contributed by atoms with Crippen molar-refractivity contribution in [2.45, 2.75) is 53.1 Å². The van der Waals surface area contributed by atoms with Crippen LogP contribution in [0.2, 0.25) is 0 Å². The first-order valence-electron chi connectivity index (χ1n) is 7.09. The molecule has 4 heteroatoms.